The molecule has 8 heteroatoms. The first-order valence-corrected chi connectivity index (χ1v) is 11.4. The Kier molecular flexibility index (Phi) is 7.45. The second-order valence-electron chi connectivity index (χ2n) is 8.46. The average Bonchev–Trinajstić information content (AvgIpc) is 3.04. The SMILES string of the molecule is CC(C)(C)OC(=O)CSC[C@H](NC(=O)OCC1c2ccccc2-c2ccccc21)C(=O)O. The lowest BCUT2D eigenvalue weighted by molar-refractivity contribution is -0.151. The molecule has 0 aliphatic heterocycles. The summed E-state index contributed by atoms with van der Waals surface area (Å²) in [6.45, 7) is 5.37. The number of fused-ring (bicyclic) bond motifs is 3. The maximum absolute atomic E-state index is 12.3. The molecule has 0 fully saturated rings. The molecule has 2 N–H and O–H groups in total. The van der Waals surface area contributed by atoms with E-state index in [2.05, 4.69) is 5.32 Å². The Hall–Kier alpha value is -3.00. The van der Waals surface area contributed by atoms with E-state index >= 15 is 0 Å². The molecule has 2 aromatic carbocycles. The van der Waals surface area contributed by atoms with Gasteiger partial charge in [-0.25, -0.2) is 9.59 Å². The van der Waals surface area contributed by atoms with Crippen molar-refractivity contribution in [1.82, 2.24) is 5.32 Å². The van der Waals surface area contributed by atoms with Crippen LogP contribution in [0.4, 0.5) is 4.79 Å². The summed E-state index contributed by atoms with van der Waals surface area (Å²) < 4.78 is 10.6. The molecule has 0 saturated carbocycles. The first-order valence-electron chi connectivity index (χ1n) is 10.3. The first kappa shape index (κ1) is 23.7. The molecular weight excluding hydrogens is 430 g/mol. The Labute approximate surface area is 191 Å². The molecule has 2 aromatic rings. The monoisotopic (exact) mass is 457 g/mol. The number of carboxylic acids is 1. The zero-order chi connectivity index (χ0) is 23.3. The molecule has 0 spiro atoms. The predicted octanol–water partition coefficient (Wildman–Crippen LogP) is 4.05. The maximum Gasteiger partial charge on any atom is 0.407 e. The molecule has 32 heavy (non-hydrogen) atoms. The summed E-state index contributed by atoms with van der Waals surface area (Å²) >= 11 is 1.08. The van der Waals surface area contributed by atoms with Gasteiger partial charge in [0.2, 0.25) is 0 Å². The maximum atomic E-state index is 12.3. The zero-order valence-electron chi connectivity index (χ0n) is 18.3. The molecule has 0 saturated heterocycles. The van der Waals surface area contributed by atoms with Crippen LogP contribution in [0, 0.1) is 0 Å². The van der Waals surface area contributed by atoms with Gasteiger partial charge in [-0.05, 0) is 43.0 Å². The van der Waals surface area contributed by atoms with E-state index in [4.69, 9.17) is 9.47 Å². The van der Waals surface area contributed by atoms with Crippen molar-refractivity contribution < 1.29 is 29.0 Å². The average molecular weight is 458 g/mol. The van der Waals surface area contributed by atoms with Crippen molar-refractivity contribution in [3.05, 3.63) is 59.7 Å². The lowest BCUT2D eigenvalue weighted by atomic mass is 9.98. The lowest BCUT2D eigenvalue weighted by Gasteiger charge is -2.20. The van der Waals surface area contributed by atoms with Crippen molar-refractivity contribution in [2.75, 3.05) is 18.1 Å². The highest BCUT2D eigenvalue weighted by Crippen LogP contribution is 2.44. The number of aliphatic carboxylic acids is 1. The number of carbonyl (C=O) groups is 3. The van der Waals surface area contributed by atoms with E-state index in [-0.39, 0.29) is 24.0 Å². The number of amides is 1. The van der Waals surface area contributed by atoms with Crippen LogP contribution in [0.5, 0.6) is 0 Å². The van der Waals surface area contributed by atoms with Crippen LogP contribution in [-0.4, -0.2) is 52.9 Å². The number of ether oxygens (including phenoxy) is 2. The Morgan fingerprint density at radius 3 is 2.12 bits per heavy atom. The Morgan fingerprint density at radius 2 is 1.59 bits per heavy atom. The topological polar surface area (TPSA) is 102 Å². The van der Waals surface area contributed by atoms with Crippen molar-refractivity contribution in [3.63, 3.8) is 0 Å². The van der Waals surface area contributed by atoms with Crippen molar-refractivity contribution >= 4 is 29.8 Å². The van der Waals surface area contributed by atoms with E-state index in [1.165, 1.54) is 0 Å². The van der Waals surface area contributed by atoms with Crippen molar-refractivity contribution in [3.8, 4) is 11.1 Å². The molecule has 1 aliphatic rings. The number of benzene rings is 2. The molecule has 0 radical (unpaired) electrons. The van der Waals surface area contributed by atoms with Gasteiger partial charge in [-0.15, -0.1) is 11.8 Å². The third kappa shape index (κ3) is 6.03. The summed E-state index contributed by atoms with van der Waals surface area (Å²) in [5, 5.41) is 11.8. The molecule has 0 heterocycles. The van der Waals surface area contributed by atoms with Gasteiger partial charge in [-0.2, -0.15) is 0 Å². The van der Waals surface area contributed by atoms with Gasteiger partial charge in [0.05, 0.1) is 5.75 Å². The molecule has 3 rings (SSSR count). The van der Waals surface area contributed by atoms with Crippen molar-refractivity contribution in [2.24, 2.45) is 0 Å². The molecule has 1 atom stereocenters. The Balaban J connectivity index is 1.54. The number of esters is 1. The van der Waals surface area contributed by atoms with Crippen LogP contribution in [-0.2, 0) is 19.1 Å². The molecule has 7 nitrogen and oxygen atoms in total. The van der Waals surface area contributed by atoms with Gasteiger partial charge >= 0.3 is 18.0 Å². The van der Waals surface area contributed by atoms with Gasteiger partial charge in [0, 0.05) is 11.7 Å². The zero-order valence-corrected chi connectivity index (χ0v) is 19.1. The predicted molar refractivity (Wildman–Crippen MR) is 123 cm³/mol. The summed E-state index contributed by atoms with van der Waals surface area (Å²) in [5.41, 5.74) is 3.76. The third-order valence-electron chi connectivity index (χ3n) is 4.86. The Bertz CT molecular complexity index is 954. The van der Waals surface area contributed by atoms with Crippen LogP contribution in [0.3, 0.4) is 0 Å². The van der Waals surface area contributed by atoms with Gasteiger partial charge in [-0.3, -0.25) is 4.79 Å². The van der Waals surface area contributed by atoms with Crippen LogP contribution < -0.4 is 5.32 Å². The number of carbonyl (C=O) groups excluding carboxylic acids is 2. The standard InChI is InChI=1S/C24H27NO6S/c1-24(2,3)31-21(26)14-32-13-20(22(27)28)25-23(29)30-12-19-17-10-6-4-8-15(17)16-9-5-7-11-18(16)19/h4-11,19-20H,12-14H2,1-3H3,(H,25,29)(H,27,28)/t20-/m0/s1. The summed E-state index contributed by atoms with van der Waals surface area (Å²) in [7, 11) is 0. The number of hydrogen-bond donors (Lipinski definition) is 2. The number of nitrogens with one attached hydrogen (secondary N) is 1. The smallest absolute Gasteiger partial charge is 0.407 e. The van der Waals surface area contributed by atoms with E-state index in [0.717, 1.165) is 34.0 Å². The van der Waals surface area contributed by atoms with Crippen molar-refractivity contribution in [2.45, 2.75) is 38.3 Å². The number of rotatable bonds is 8. The van der Waals surface area contributed by atoms with Crippen LogP contribution >= 0.6 is 11.8 Å². The lowest BCUT2D eigenvalue weighted by Crippen LogP contribution is -2.43. The number of thioether (sulfide) groups is 1. The molecule has 0 aromatic heterocycles. The fourth-order valence-corrected chi connectivity index (χ4v) is 4.39. The Morgan fingerprint density at radius 1 is 1.03 bits per heavy atom. The molecule has 170 valence electrons. The number of carboxylic acid groups (broad SMARTS) is 1. The minimum atomic E-state index is -1.20. The van der Waals surface area contributed by atoms with Gasteiger partial charge in [0.15, 0.2) is 0 Å². The molecule has 0 unspecified atom stereocenters. The molecular formula is C24H27NO6S. The normalized spacial score (nSPS) is 13.6. The highest BCUT2D eigenvalue weighted by Gasteiger charge is 2.30. The summed E-state index contributed by atoms with van der Waals surface area (Å²) in [5.74, 6) is -1.74. The van der Waals surface area contributed by atoms with Gasteiger partial charge in [-0.1, -0.05) is 48.5 Å². The number of alkyl carbamates (subject to hydrolysis) is 1. The van der Waals surface area contributed by atoms with Gasteiger partial charge in [0.25, 0.3) is 0 Å². The second-order valence-corrected chi connectivity index (χ2v) is 9.49. The second kappa shape index (κ2) is 10.1. The fourth-order valence-electron chi connectivity index (χ4n) is 3.59. The van der Waals surface area contributed by atoms with E-state index < -0.39 is 29.7 Å². The highest BCUT2D eigenvalue weighted by atomic mass is 32.2. The van der Waals surface area contributed by atoms with E-state index in [1.54, 1.807) is 20.8 Å². The van der Waals surface area contributed by atoms with E-state index in [0.29, 0.717) is 0 Å². The van der Waals surface area contributed by atoms with E-state index in [9.17, 15) is 19.5 Å². The largest absolute Gasteiger partial charge is 0.480 e. The minimum Gasteiger partial charge on any atom is -0.480 e. The van der Waals surface area contributed by atoms with Gasteiger partial charge in [0.1, 0.15) is 18.2 Å². The summed E-state index contributed by atoms with van der Waals surface area (Å²) in [6, 6.07) is 14.7. The highest BCUT2D eigenvalue weighted by molar-refractivity contribution is 8.00. The molecule has 1 aliphatic carbocycles. The van der Waals surface area contributed by atoms with Crippen LogP contribution in [0.1, 0.15) is 37.8 Å². The summed E-state index contributed by atoms with van der Waals surface area (Å²) in [6.07, 6.45) is -0.808. The van der Waals surface area contributed by atoms with Crippen LogP contribution in [0.25, 0.3) is 11.1 Å². The first-order chi connectivity index (χ1) is 15.2. The van der Waals surface area contributed by atoms with Crippen molar-refractivity contribution in [1.29, 1.82) is 0 Å². The van der Waals surface area contributed by atoms with Gasteiger partial charge < -0.3 is 19.9 Å². The third-order valence-corrected chi connectivity index (χ3v) is 5.87. The fraction of sp³-hybridized carbons (Fsp3) is 0.375. The van der Waals surface area contributed by atoms with Crippen LogP contribution in [0.15, 0.2) is 48.5 Å². The number of hydrogen-bond acceptors (Lipinski definition) is 6. The van der Waals surface area contributed by atoms with Crippen LogP contribution in [0.2, 0.25) is 0 Å². The molecule has 0 bridgehead atoms. The quantitative estimate of drug-likeness (QED) is 0.577. The summed E-state index contributed by atoms with van der Waals surface area (Å²) in [4.78, 5) is 35.6. The molecule has 1 amide bonds. The minimum absolute atomic E-state index is 0.00653. The van der Waals surface area contributed by atoms with E-state index in [1.807, 2.05) is 48.5 Å².